The zero-order valence-corrected chi connectivity index (χ0v) is 37.4. The Labute approximate surface area is 320 Å². The fraction of sp³-hybridized carbons (Fsp3) is 0.909. The van der Waals surface area contributed by atoms with Gasteiger partial charge in [0, 0.05) is 227 Å². The van der Waals surface area contributed by atoms with E-state index in [0.717, 1.165) is 7.11 Å². The SMILES string of the molecule is COC(=O)C1(C)CC(O)C(O)C(C(O)C(O)CO)O1.[Ac].[Ac].[Ac].[Ac].[Ac]. The van der Waals surface area contributed by atoms with Gasteiger partial charge in [0.05, 0.1) is 19.8 Å². The zero-order valence-electron chi connectivity index (χ0n) is 13.6. The molecule has 0 amide bonds. The molecule has 1 fully saturated rings. The van der Waals surface area contributed by atoms with Gasteiger partial charge in [-0.25, -0.2) is 4.79 Å². The molecule has 13 heteroatoms. The Bertz CT molecular complexity index is 340. The third-order valence-corrected chi connectivity index (χ3v) is 3.26. The topological polar surface area (TPSA) is 137 Å². The summed E-state index contributed by atoms with van der Waals surface area (Å²) in [5.74, 6) is -0.769. The molecule has 0 spiro atoms. The number of aliphatic hydroxyl groups is 5. The van der Waals surface area contributed by atoms with E-state index in [9.17, 15) is 25.2 Å². The van der Waals surface area contributed by atoms with Gasteiger partial charge >= 0.3 is 5.97 Å². The van der Waals surface area contributed by atoms with Crippen molar-refractivity contribution < 1.29 is 260 Å². The molecule has 0 aliphatic carbocycles. The van der Waals surface area contributed by atoms with Gasteiger partial charge in [-0.2, -0.15) is 0 Å². The summed E-state index contributed by atoms with van der Waals surface area (Å²) >= 11 is 0. The van der Waals surface area contributed by atoms with Crippen LogP contribution in [0, 0.1) is 220 Å². The molecule has 5 N–H and O–H groups in total. The molecular weight excluding hydrogens is 1400 g/mol. The molecule has 0 saturated carbocycles. The Balaban J connectivity index is -0.000000241. The fourth-order valence-corrected chi connectivity index (χ4v) is 2.10. The van der Waals surface area contributed by atoms with Crippen molar-refractivity contribution in [2.75, 3.05) is 13.7 Å². The van der Waals surface area contributed by atoms with Gasteiger partial charge in [-0.15, -0.1) is 0 Å². The Kier molecular flexibility index (Phi) is 34.1. The molecule has 127 valence electrons. The van der Waals surface area contributed by atoms with Crippen LogP contribution in [0.25, 0.3) is 0 Å². The monoisotopic (exact) mass is 1420 g/mol. The van der Waals surface area contributed by atoms with Crippen molar-refractivity contribution >= 4 is 5.97 Å². The summed E-state index contributed by atoms with van der Waals surface area (Å²) in [7, 11) is 1.14. The summed E-state index contributed by atoms with van der Waals surface area (Å²) in [4.78, 5) is 11.6. The molecule has 5 radical (unpaired) electrons. The van der Waals surface area contributed by atoms with Crippen LogP contribution in [0.3, 0.4) is 0 Å². The van der Waals surface area contributed by atoms with Crippen molar-refractivity contribution in [3.05, 3.63) is 0 Å². The van der Waals surface area contributed by atoms with Crippen molar-refractivity contribution in [2.24, 2.45) is 0 Å². The van der Waals surface area contributed by atoms with Gasteiger partial charge < -0.3 is 35.0 Å². The summed E-state index contributed by atoms with van der Waals surface area (Å²) in [5, 5.41) is 47.4. The van der Waals surface area contributed by atoms with E-state index in [0.29, 0.717) is 0 Å². The predicted molar refractivity (Wildman–Crippen MR) is 61.0 cm³/mol. The van der Waals surface area contributed by atoms with E-state index in [1.807, 2.05) is 0 Å². The van der Waals surface area contributed by atoms with Crippen molar-refractivity contribution in [1.82, 2.24) is 0 Å². The maximum absolute atomic E-state index is 11.6. The second-order valence-corrected chi connectivity index (χ2v) is 4.81. The van der Waals surface area contributed by atoms with E-state index < -0.39 is 48.7 Å². The minimum atomic E-state index is -1.65. The molecule has 1 heterocycles. The predicted octanol–water partition coefficient (Wildman–Crippen LogP) is -2.86. The molecule has 1 rings (SSSR count). The second-order valence-electron chi connectivity index (χ2n) is 4.81. The van der Waals surface area contributed by atoms with Crippen LogP contribution in [-0.4, -0.2) is 81.3 Å². The van der Waals surface area contributed by atoms with E-state index in [1.54, 1.807) is 0 Å². The molecule has 0 bridgehead atoms. The van der Waals surface area contributed by atoms with Gasteiger partial charge in [0.2, 0.25) is 0 Å². The van der Waals surface area contributed by atoms with Gasteiger partial charge in [0.1, 0.15) is 24.4 Å². The van der Waals surface area contributed by atoms with Crippen LogP contribution in [0.2, 0.25) is 0 Å². The Hall–Kier alpha value is 6.44. The third-order valence-electron chi connectivity index (χ3n) is 3.26. The van der Waals surface area contributed by atoms with Crippen LogP contribution < -0.4 is 0 Å². The molecule has 1 saturated heterocycles. The first-order valence-electron chi connectivity index (χ1n) is 5.86. The van der Waals surface area contributed by atoms with Crippen molar-refractivity contribution in [2.45, 2.75) is 49.5 Å². The Morgan fingerprint density at radius 2 is 1.67 bits per heavy atom. The molecular formula is C11H20Ac5O8. The number of hydrogen-bond donors (Lipinski definition) is 5. The fourth-order valence-electron chi connectivity index (χ4n) is 2.10. The largest absolute Gasteiger partial charge is 0.467 e. The number of aliphatic hydroxyl groups excluding tert-OH is 5. The first-order valence-corrected chi connectivity index (χ1v) is 5.86. The van der Waals surface area contributed by atoms with Crippen LogP contribution in [0.15, 0.2) is 0 Å². The van der Waals surface area contributed by atoms with Gasteiger partial charge in [0.15, 0.2) is 5.60 Å². The minimum absolute atomic E-state index is 0. The van der Waals surface area contributed by atoms with Crippen LogP contribution >= 0.6 is 0 Å². The molecule has 6 atom stereocenters. The first kappa shape index (κ1) is 40.8. The van der Waals surface area contributed by atoms with E-state index >= 15 is 0 Å². The van der Waals surface area contributed by atoms with E-state index in [-0.39, 0.29) is 227 Å². The molecule has 0 aromatic heterocycles. The van der Waals surface area contributed by atoms with E-state index in [2.05, 4.69) is 4.74 Å². The van der Waals surface area contributed by atoms with Crippen LogP contribution in [0.5, 0.6) is 0 Å². The number of rotatable bonds is 4. The molecule has 1 aliphatic rings. The number of methoxy groups -OCH3 is 1. The maximum Gasteiger partial charge on any atom is 0.337 e. The van der Waals surface area contributed by atoms with Crippen molar-refractivity contribution in [3.63, 3.8) is 0 Å². The second kappa shape index (κ2) is 20.1. The van der Waals surface area contributed by atoms with Crippen molar-refractivity contribution in [3.8, 4) is 0 Å². The average molecular weight is 1420 g/mol. The molecule has 24 heavy (non-hydrogen) atoms. The third kappa shape index (κ3) is 11.9. The summed E-state index contributed by atoms with van der Waals surface area (Å²) in [6.07, 6.45) is -7.67. The Morgan fingerprint density at radius 1 is 1.21 bits per heavy atom. The number of carbonyl (C=O) groups excluding carboxylic acids is 1. The van der Waals surface area contributed by atoms with Crippen LogP contribution in [0.4, 0.5) is 0 Å². The number of esters is 1. The minimum Gasteiger partial charge on any atom is -0.467 e. The van der Waals surface area contributed by atoms with E-state index in [1.165, 1.54) is 6.92 Å². The van der Waals surface area contributed by atoms with Gasteiger partial charge in [-0.05, 0) is 6.92 Å². The van der Waals surface area contributed by atoms with Gasteiger partial charge in [-0.3, -0.25) is 0 Å². The molecule has 0 aromatic carbocycles. The van der Waals surface area contributed by atoms with Crippen LogP contribution in [0.1, 0.15) is 13.3 Å². The molecule has 8 nitrogen and oxygen atoms in total. The number of carbonyl (C=O) groups is 1. The standard InChI is InChI=1S/C11H20O8.5Ac/c1-11(10(17)18-2)3-5(13)7(15)9(19-11)8(16)6(14)4-12;;;;;/h5-9,12-16H,3-4H2,1-2H3;;;;;. The zero-order chi connectivity index (χ0) is 14.8. The summed E-state index contributed by atoms with van der Waals surface area (Å²) in [6, 6.07) is 0. The number of ether oxygens (including phenoxy) is 2. The van der Waals surface area contributed by atoms with Crippen LogP contribution in [-0.2, 0) is 14.3 Å². The maximum atomic E-state index is 11.6. The molecule has 1 aliphatic heterocycles. The number of hydrogen-bond acceptors (Lipinski definition) is 8. The molecule has 0 aromatic rings. The normalized spacial score (nSPS) is 30.5. The summed E-state index contributed by atoms with van der Waals surface area (Å²) in [5.41, 5.74) is -1.55. The summed E-state index contributed by atoms with van der Waals surface area (Å²) < 4.78 is 9.83. The van der Waals surface area contributed by atoms with E-state index in [4.69, 9.17) is 9.84 Å². The quantitative estimate of drug-likeness (QED) is 0.190. The average Bonchev–Trinajstić information content (AvgIpc) is 2.40. The molecule has 6 unspecified atom stereocenters. The Morgan fingerprint density at radius 3 is 2.04 bits per heavy atom. The first-order chi connectivity index (χ1) is 8.76. The van der Waals surface area contributed by atoms with Gasteiger partial charge in [-0.1, -0.05) is 0 Å². The van der Waals surface area contributed by atoms with Gasteiger partial charge in [0.25, 0.3) is 0 Å². The van der Waals surface area contributed by atoms with Crippen molar-refractivity contribution in [1.29, 1.82) is 0 Å². The summed E-state index contributed by atoms with van der Waals surface area (Å²) in [6.45, 7) is 0.595. The smallest absolute Gasteiger partial charge is 0.337 e.